The molecule has 3 aromatic rings. The summed E-state index contributed by atoms with van der Waals surface area (Å²) in [6.07, 6.45) is 0.310. The van der Waals surface area contributed by atoms with Gasteiger partial charge in [-0.05, 0) is 39.0 Å². The highest BCUT2D eigenvalue weighted by Crippen LogP contribution is 2.29. The van der Waals surface area contributed by atoms with Gasteiger partial charge < -0.3 is 10.6 Å². The third kappa shape index (κ3) is 4.06. The lowest BCUT2D eigenvalue weighted by molar-refractivity contribution is -0.120. The van der Waals surface area contributed by atoms with Crippen molar-refractivity contribution in [2.45, 2.75) is 33.2 Å². The summed E-state index contributed by atoms with van der Waals surface area (Å²) in [5.41, 5.74) is 1.62. The molecule has 2 heterocycles. The van der Waals surface area contributed by atoms with Crippen LogP contribution in [0.1, 0.15) is 34.6 Å². The molecule has 6 nitrogen and oxygen atoms in total. The SMILES string of the molecule is Cc1cccc(C(=O)Nc2[nH]nc3sc(CC(=O)NC(C)C)cc23)c1. The lowest BCUT2D eigenvalue weighted by Crippen LogP contribution is -2.31. The number of hydrogen-bond donors (Lipinski definition) is 3. The molecular weight excluding hydrogens is 336 g/mol. The van der Waals surface area contributed by atoms with Crippen molar-refractivity contribution in [3.8, 4) is 0 Å². The van der Waals surface area contributed by atoms with E-state index in [1.165, 1.54) is 11.3 Å². The predicted octanol–water partition coefficient (Wildman–Crippen LogP) is 3.25. The van der Waals surface area contributed by atoms with Gasteiger partial charge in [-0.3, -0.25) is 14.7 Å². The molecule has 2 amide bonds. The normalized spacial score (nSPS) is 11.0. The molecule has 0 saturated carbocycles. The van der Waals surface area contributed by atoms with Crippen LogP contribution in [0, 0.1) is 6.92 Å². The fraction of sp³-hybridized carbons (Fsp3) is 0.278. The van der Waals surface area contributed by atoms with Crippen molar-refractivity contribution in [3.63, 3.8) is 0 Å². The van der Waals surface area contributed by atoms with Crippen molar-refractivity contribution in [3.05, 3.63) is 46.3 Å². The number of rotatable bonds is 5. The maximum Gasteiger partial charge on any atom is 0.256 e. The summed E-state index contributed by atoms with van der Waals surface area (Å²) >= 11 is 1.44. The van der Waals surface area contributed by atoms with Gasteiger partial charge in [-0.2, -0.15) is 5.10 Å². The van der Waals surface area contributed by atoms with Crippen LogP contribution in [0.15, 0.2) is 30.3 Å². The van der Waals surface area contributed by atoms with Gasteiger partial charge >= 0.3 is 0 Å². The Hall–Kier alpha value is -2.67. The van der Waals surface area contributed by atoms with Crippen LogP contribution < -0.4 is 10.6 Å². The number of fused-ring (bicyclic) bond motifs is 1. The number of nitrogens with zero attached hydrogens (tertiary/aromatic N) is 1. The molecule has 1 aromatic carbocycles. The molecule has 3 N–H and O–H groups in total. The highest BCUT2D eigenvalue weighted by atomic mass is 32.1. The number of nitrogens with one attached hydrogen (secondary N) is 3. The van der Waals surface area contributed by atoms with E-state index in [1.807, 2.05) is 45.0 Å². The number of carbonyl (C=O) groups excluding carboxylic acids is 2. The lowest BCUT2D eigenvalue weighted by Gasteiger charge is -2.06. The number of amides is 2. The standard InChI is InChI=1S/C18H20N4O2S/c1-10(2)19-15(23)9-13-8-14-16(21-22-18(14)25-13)20-17(24)12-6-4-5-11(3)7-12/h4-8,10H,9H2,1-3H3,(H,19,23)(H2,20,21,22,24). The molecule has 0 aliphatic heterocycles. The highest BCUT2D eigenvalue weighted by molar-refractivity contribution is 7.18. The second-order valence-corrected chi connectivity index (χ2v) is 7.37. The smallest absolute Gasteiger partial charge is 0.256 e. The fourth-order valence-electron chi connectivity index (χ4n) is 2.55. The monoisotopic (exact) mass is 356 g/mol. The van der Waals surface area contributed by atoms with Gasteiger partial charge in [-0.15, -0.1) is 11.3 Å². The maximum absolute atomic E-state index is 12.4. The van der Waals surface area contributed by atoms with E-state index in [2.05, 4.69) is 20.8 Å². The number of aromatic nitrogens is 2. The minimum Gasteiger partial charge on any atom is -0.354 e. The molecule has 0 unspecified atom stereocenters. The van der Waals surface area contributed by atoms with E-state index in [4.69, 9.17) is 0 Å². The average molecular weight is 356 g/mol. The second-order valence-electron chi connectivity index (χ2n) is 6.25. The van der Waals surface area contributed by atoms with E-state index >= 15 is 0 Å². The molecule has 0 atom stereocenters. The van der Waals surface area contributed by atoms with E-state index in [0.29, 0.717) is 17.8 Å². The first kappa shape index (κ1) is 17.2. The van der Waals surface area contributed by atoms with Crippen molar-refractivity contribution < 1.29 is 9.59 Å². The quantitative estimate of drug-likeness (QED) is 0.656. The first-order chi connectivity index (χ1) is 11.9. The molecule has 2 aromatic heterocycles. The van der Waals surface area contributed by atoms with Gasteiger partial charge in [0.15, 0.2) is 0 Å². The number of carbonyl (C=O) groups is 2. The largest absolute Gasteiger partial charge is 0.354 e. The third-order valence-corrected chi connectivity index (χ3v) is 4.63. The zero-order valence-corrected chi connectivity index (χ0v) is 15.2. The van der Waals surface area contributed by atoms with Gasteiger partial charge in [-0.1, -0.05) is 17.7 Å². The Labute approximate surface area is 149 Å². The van der Waals surface area contributed by atoms with E-state index in [9.17, 15) is 9.59 Å². The minimum atomic E-state index is -0.195. The summed E-state index contributed by atoms with van der Waals surface area (Å²) < 4.78 is 0. The maximum atomic E-state index is 12.4. The fourth-order valence-corrected chi connectivity index (χ4v) is 3.54. The molecule has 0 aliphatic carbocycles. The summed E-state index contributed by atoms with van der Waals surface area (Å²) in [7, 11) is 0. The van der Waals surface area contributed by atoms with Crippen molar-refractivity contribution in [1.29, 1.82) is 0 Å². The van der Waals surface area contributed by atoms with Gasteiger partial charge in [0.05, 0.1) is 11.8 Å². The summed E-state index contributed by atoms with van der Waals surface area (Å²) in [5.74, 6) is 0.334. The summed E-state index contributed by atoms with van der Waals surface area (Å²) in [4.78, 5) is 26.0. The van der Waals surface area contributed by atoms with Crippen LogP contribution in [-0.4, -0.2) is 28.1 Å². The molecule has 25 heavy (non-hydrogen) atoms. The topological polar surface area (TPSA) is 86.9 Å². The predicted molar refractivity (Wildman–Crippen MR) is 100 cm³/mol. The third-order valence-electron chi connectivity index (χ3n) is 3.61. The van der Waals surface area contributed by atoms with Crippen molar-refractivity contribution in [2.24, 2.45) is 0 Å². The van der Waals surface area contributed by atoms with E-state index in [1.54, 1.807) is 6.07 Å². The van der Waals surface area contributed by atoms with Gasteiger partial charge in [0.2, 0.25) is 5.91 Å². The Bertz CT molecular complexity index is 926. The Morgan fingerprint density at radius 3 is 2.80 bits per heavy atom. The first-order valence-electron chi connectivity index (χ1n) is 8.06. The van der Waals surface area contributed by atoms with E-state index in [-0.39, 0.29) is 17.9 Å². The van der Waals surface area contributed by atoms with Gasteiger partial charge in [-0.25, -0.2) is 0 Å². The number of hydrogen-bond acceptors (Lipinski definition) is 4. The van der Waals surface area contributed by atoms with Gasteiger partial charge in [0.25, 0.3) is 5.91 Å². The summed E-state index contributed by atoms with van der Waals surface area (Å²) in [6.45, 7) is 5.80. The first-order valence-corrected chi connectivity index (χ1v) is 8.88. The number of thiophene rings is 1. The molecule has 0 aliphatic rings. The molecule has 0 spiro atoms. The molecule has 0 radical (unpaired) electrons. The number of H-pyrrole nitrogens is 1. The number of aryl methyl sites for hydroxylation is 1. The van der Waals surface area contributed by atoms with Crippen LogP contribution in [0.5, 0.6) is 0 Å². The number of benzene rings is 1. The Morgan fingerprint density at radius 2 is 2.08 bits per heavy atom. The minimum absolute atomic E-state index is 0.0202. The molecule has 130 valence electrons. The molecular formula is C18H20N4O2S. The van der Waals surface area contributed by atoms with Crippen molar-refractivity contribution in [1.82, 2.24) is 15.5 Å². The lowest BCUT2D eigenvalue weighted by atomic mass is 10.1. The second kappa shape index (κ2) is 7.06. The van der Waals surface area contributed by atoms with Gasteiger partial charge in [0, 0.05) is 16.5 Å². The van der Waals surface area contributed by atoms with Crippen LogP contribution in [0.25, 0.3) is 10.2 Å². The van der Waals surface area contributed by atoms with Crippen LogP contribution >= 0.6 is 11.3 Å². The van der Waals surface area contributed by atoms with Crippen LogP contribution in [0.2, 0.25) is 0 Å². The van der Waals surface area contributed by atoms with Crippen molar-refractivity contribution >= 4 is 39.2 Å². The van der Waals surface area contributed by atoms with Crippen LogP contribution in [0.3, 0.4) is 0 Å². The zero-order chi connectivity index (χ0) is 18.0. The molecule has 7 heteroatoms. The summed E-state index contributed by atoms with van der Waals surface area (Å²) in [5, 5.41) is 13.6. The van der Waals surface area contributed by atoms with Crippen LogP contribution in [-0.2, 0) is 11.2 Å². The van der Waals surface area contributed by atoms with Crippen LogP contribution in [0.4, 0.5) is 5.82 Å². The summed E-state index contributed by atoms with van der Waals surface area (Å²) in [6, 6.07) is 9.40. The number of aromatic amines is 1. The number of anilines is 1. The Balaban J connectivity index is 1.76. The molecule has 0 saturated heterocycles. The highest BCUT2D eigenvalue weighted by Gasteiger charge is 2.15. The molecule has 0 bridgehead atoms. The van der Waals surface area contributed by atoms with Gasteiger partial charge in [0.1, 0.15) is 10.6 Å². The van der Waals surface area contributed by atoms with E-state index < -0.39 is 0 Å². The van der Waals surface area contributed by atoms with E-state index in [0.717, 1.165) is 20.7 Å². The Morgan fingerprint density at radius 1 is 1.28 bits per heavy atom. The average Bonchev–Trinajstić information content (AvgIpc) is 3.07. The van der Waals surface area contributed by atoms with Crippen molar-refractivity contribution in [2.75, 3.05) is 5.32 Å². The zero-order valence-electron chi connectivity index (χ0n) is 14.3. The molecule has 0 fully saturated rings. The Kier molecular flexibility index (Phi) is 4.85. The molecule has 3 rings (SSSR count).